The first-order chi connectivity index (χ1) is 10.1. The van der Waals surface area contributed by atoms with Crippen molar-refractivity contribution in [2.24, 2.45) is 0 Å². The van der Waals surface area contributed by atoms with Gasteiger partial charge in [-0.15, -0.1) is 5.10 Å². The first-order valence-electron chi connectivity index (χ1n) is 6.44. The van der Waals surface area contributed by atoms with Crippen LogP contribution in [0.15, 0.2) is 22.6 Å². The predicted molar refractivity (Wildman–Crippen MR) is 74.4 cm³/mol. The quantitative estimate of drug-likeness (QED) is 0.937. The van der Waals surface area contributed by atoms with Gasteiger partial charge in [-0.3, -0.25) is 4.79 Å². The summed E-state index contributed by atoms with van der Waals surface area (Å²) in [4.78, 5) is 13.4. The lowest BCUT2D eigenvalue weighted by molar-refractivity contribution is -0.132. The fourth-order valence-electron chi connectivity index (χ4n) is 1.90. The second-order valence-corrected chi connectivity index (χ2v) is 5.06. The van der Waals surface area contributed by atoms with E-state index in [1.807, 2.05) is 0 Å². The molecular formula is C13H12ClFN4O2. The lowest BCUT2D eigenvalue weighted by Crippen LogP contribution is -2.44. The number of aromatic nitrogens is 2. The van der Waals surface area contributed by atoms with Gasteiger partial charge in [0.2, 0.25) is 5.91 Å². The molecule has 0 spiro atoms. The number of amides is 1. The maximum absolute atomic E-state index is 13.7. The minimum Gasteiger partial charge on any atom is -0.403 e. The number of hydrogen-bond donors (Lipinski definition) is 1. The molecular weight excluding hydrogens is 299 g/mol. The SMILES string of the molecule is O=C(CNc1nnc(-c2ccc(Cl)cc2F)o1)N1CCC1. The zero-order chi connectivity index (χ0) is 14.8. The fourth-order valence-corrected chi connectivity index (χ4v) is 2.05. The molecule has 1 aliphatic rings. The van der Waals surface area contributed by atoms with Crippen LogP contribution in [0.25, 0.3) is 11.5 Å². The third-order valence-corrected chi connectivity index (χ3v) is 3.42. The summed E-state index contributed by atoms with van der Waals surface area (Å²) in [6.07, 6.45) is 1.03. The van der Waals surface area contributed by atoms with Crippen LogP contribution < -0.4 is 5.32 Å². The normalized spacial score (nSPS) is 13.9. The molecule has 1 aromatic heterocycles. The monoisotopic (exact) mass is 310 g/mol. The number of anilines is 1. The summed E-state index contributed by atoms with van der Waals surface area (Å²) in [7, 11) is 0. The van der Waals surface area contributed by atoms with Crippen LogP contribution in [0.5, 0.6) is 0 Å². The van der Waals surface area contributed by atoms with E-state index in [0.717, 1.165) is 19.5 Å². The molecule has 0 unspecified atom stereocenters. The number of hydrogen-bond acceptors (Lipinski definition) is 5. The lowest BCUT2D eigenvalue weighted by atomic mass is 10.2. The maximum Gasteiger partial charge on any atom is 0.316 e. The number of likely N-dealkylation sites (tertiary alicyclic amines) is 1. The van der Waals surface area contributed by atoms with Crippen molar-refractivity contribution < 1.29 is 13.6 Å². The van der Waals surface area contributed by atoms with E-state index < -0.39 is 5.82 Å². The van der Waals surface area contributed by atoms with Crippen molar-refractivity contribution in [3.8, 4) is 11.5 Å². The van der Waals surface area contributed by atoms with Crippen LogP contribution in [0.1, 0.15) is 6.42 Å². The highest BCUT2D eigenvalue weighted by atomic mass is 35.5. The highest BCUT2D eigenvalue weighted by Gasteiger charge is 2.20. The molecule has 2 aromatic rings. The number of halogens is 2. The van der Waals surface area contributed by atoms with Gasteiger partial charge in [0, 0.05) is 18.1 Å². The standard InChI is InChI=1S/C13H12ClFN4O2/c14-8-2-3-9(10(15)6-8)12-17-18-13(21-12)16-7-11(20)19-4-1-5-19/h2-3,6H,1,4-5,7H2,(H,16,18). The van der Waals surface area contributed by atoms with Gasteiger partial charge in [0.1, 0.15) is 5.82 Å². The minimum atomic E-state index is -0.547. The molecule has 1 saturated heterocycles. The third-order valence-electron chi connectivity index (χ3n) is 3.19. The Labute approximate surface area is 124 Å². The molecule has 8 heteroatoms. The Morgan fingerprint density at radius 3 is 2.90 bits per heavy atom. The van der Waals surface area contributed by atoms with E-state index in [-0.39, 0.29) is 34.9 Å². The summed E-state index contributed by atoms with van der Waals surface area (Å²) >= 11 is 5.68. The zero-order valence-electron chi connectivity index (χ0n) is 11.0. The molecule has 2 heterocycles. The van der Waals surface area contributed by atoms with Gasteiger partial charge in [0.25, 0.3) is 5.89 Å². The van der Waals surface area contributed by atoms with Crippen LogP contribution in [-0.2, 0) is 4.79 Å². The maximum atomic E-state index is 13.7. The molecule has 1 aliphatic heterocycles. The Hall–Kier alpha value is -2.15. The Morgan fingerprint density at radius 1 is 1.43 bits per heavy atom. The number of benzene rings is 1. The minimum absolute atomic E-state index is 0.0290. The number of rotatable bonds is 4. The van der Waals surface area contributed by atoms with Gasteiger partial charge in [0.15, 0.2) is 0 Å². The van der Waals surface area contributed by atoms with Gasteiger partial charge in [-0.05, 0) is 24.6 Å². The number of nitrogens with one attached hydrogen (secondary N) is 1. The van der Waals surface area contributed by atoms with E-state index >= 15 is 0 Å². The van der Waals surface area contributed by atoms with Crippen molar-refractivity contribution in [2.75, 3.05) is 25.0 Å². The van der Waals surface area contributed by atoms with Gasteiger partial charge >= 0.3 is 6.01 Å². The van der Waals surface area contributed by atoms with Gasteiger partial charge in [-0.2, -0.15) is 0 Å². The Morgan fingerprint density at radius 2 is 2.24 bits per heavy atom. The smallest absolute Gasteiger partial charge is 0.316 e. The first kappa shape index (κ1) is 13.8. The van der Waals surface area contributed by atoms with Gasteiger partial charge in [-0.25, -0.2) is 4.39 Å². The fraction of sp³-hybridized carbons (Fsp3) is 0.308. The van der Waals surface area contributed by atoms with E-state index in [0.29, 0.717) is 0 Å². The molecule has 21 heavy (non-hydrogen) atoms. The van der Waals surface area contributed by atoms with E-state index in [1.165, 1.54) is 18.2 Å². The van der Waals surface area contributed by atoms with Crippen molar-refractivity contribution in [1.82, 2.24) is 15.1 Å². The van der Waals surface area contributed by atoms with Crippen molar-refractivity contribution in [1.29, 1.82) is 0 Å². The van der Waals surface area contributed by atoms with Crippen molar-refractivity contribution in [2.45, 2.75) is 6.42 Å². The topological polar surface area (TPSA) is 71.3 Å². The average molecular weight is 311 g/mol. The molecule has 0 radical (unpaired) electrons. The van der Waals surface area contributed by atoms with Gasteiger partial charge in [0.05, 0.1) is 12.1 Å². The van der Waals surface area contributed by atoms with Crippen molar-refractivity contribution >= 4 is 23.5 Å². The highest BCUT2D eigenvalue weighted by Crippen LogP contribution is 2.25. The van der Waals surface area contributed by atoms with E-state index in [1.54, 1.807) is 4.90 Å². The van der Waals surface area contributed by atoms with E-state index in [4.69, 9.17) is 16.0 Å². The summed E-state index contributed by atoms with van der Waals surface area (Å²) in [5.41, 5.74) is 0.161. The molecule has 3 rings (SSSR count). The first-order valence-corrected chi connectivity index (χ1v) is 6.82. The van der Waals surface area contributed by atoms with Crippen LogP contribution in [0.2, 0.25) is 5.02 Å². The lowest BCUT2D eigenvalue weighted by Gasteiger charge is -2.30. The average Bonchev–Trinajstić information content (AvgIpc) is 2.83. The number of carbonyl (C=O) groups excluding carboxylic acids is 1. The molecule has 1 aromatic carbocycles. The van der Waals surface area contributed by atoms with Gasteiger partial charge in [-0.1, -0.05) is 16.7 Å². The largest absolute Gasteiger partial charge is 0.403 e. The molecule has 0 bridgehead atoms. The third kappa shape index (κ3) is 2.97. The molecule has 0 saturated carbocycles. The molecule has 1 amide bonds. The Balaban J connectivity index is 1.66. The summed E-state index contributed by atoms with van der Waals surface area (Å²) in [5, 5.41) is 10.5. The second-order valence-electron chi connectivity index (χ2n) is 4.62. The van der Waals surface area contributed by atoms with E-state index in [2.05, 4.69) is 15.5 Å². The molecule has 1 fully saturated rings. The predicted octanol–water partition coefficient (Wildman–Crippen LogP) is 2.17. The molecule has 0 atom stereocenters. The zero-order valence-corrected chi connectivity index (χ0v) is 11.7. The van der Waals surface area contributed by atoms with Crippen LogP contribution in [0.3, 0.4) is 0 Å². The number of nitrogens with zero attached hydrogens (tertiary/aromatic N) is 3. The summed E-state index contributed by atoms with van der Waals surface area (Å²) in [6, 6.07) is 4.24. The summed E-state index contributed by atoms with van der Waals surface area (Å²) in [5.74, 6) is -0.545. The number of carbonyl (C=O) groups is 1. The molecule has 1 N–H and O–H groups in total. The van der Waals surface area contributed by atoms with Crippen LogP contribution in [0.4, 0.5) is 10.4 Å². The summed E-state index contributed by atoms with van der Waals surface area (Å²) < 4.78 is 19.0. The van der Waals surface area contributed by atoms with Crippen LogP contribution in [-0.4, -0.2) is 40.6 Å². The van der Waals surface area contributed by atoms with Crippen molar-refractivity contribution in [3.63, 3.8) is 0 Å². The molecule has 0 aliphatic carbocycles. The second kappa shape index (κ2) is 5.69. The molecule has 6 nitrogen and oxygen atoms in total. The van der Waals surface area contributed by atoms with E-state index in [9.17, 15) is 9.18 Å². The Bertz CT molecular complexity index is 672. The van der Waals surface area contributed by atoms with Crippen LogP contribution >= 0.6 is 11.6 Å². The highest BCUT2D eigenvalue weighted by molar-refractivity contribution is 6.30. The van der Waals surface area contributed by atoms with Crippen molar-refractivity contribution in [3.05, 3.63) is 29.0 Å². The summed E-state index contributed by atoms with van der Waals surface area (Å²) in [6.45, 7) is 1.64. The Kier molecular flexibility index (Phi) is 3.74. The van der Waals surface area contributed by atoms with Gasteiger partial charge < -0.3 is 14.6 Å². The molecule has 110 valence electrons. The van der Waals surface area contributed by atoms with Crippen LogP contribution in [0, 0.1) is 5.82 Å².